The van der Waals surface area contributed by atoms with Gasteiger partial charge in [0.25, 0.3) is 0 Å². The Morgan fingerprint density at radius 3 is 2.53 bits per heavy atom. The molecule has 10 heteroatoms. The van der Waals surface area contributed by atoms with Gasteiger partial charge in [0.1, 0.15) is 5.75 Å². The van der Waals surface area contributed by atoms with Crippen molar-refractivity contribution in [1.82, 2.24) is 14.9 Å². The maximum atomic E-state index is 12.1. The Bertz CT molecular complexity index is 1430. The summed E-state index contributed by atoms with van der Waals surface area (Å²) in [6, 6.07) is 13.8. The predicted octanol–water partition coefficient (Wildman–Crippen LogP) is 5.56. The summed E-state index contributed by atoms with van der Waals surface area (Å²) < 4.78 is 34.7. The minimum atomic E-state index is -3.51. The topological polar surface area (TPSA) is 88.5 Å². The summed E-state index contributed by atoms with van der Waals surface area (Å²) in [4.78, 5) is 6.75. The first-order valence-electron chi connectivity index (χ1n) is 13.0. The molecule has 0 unspecified atom stereocenters. The van der Waals surface area contributed by atoms with Crippen LogP contribution in [0.4, 0.5) is 11.4 Å². The Morgan fingerprint density at radius 1 is 1.11 bits per heavy atom. The van der Waals surface area contributed by atoms with Gasteiger partial charge in [-0.2, -0.15) is 0 Å². The summed E-state index contributed by atoms with van der Waals surface area (Å²) in [5.41, 5.74) is 5.69. The summed E-state index contributed by atoms with van der Waals surface area (Å²) >= 11 is 5.91. The average molecular weight is 554 g/mol. The third kappa shape index (κ3) is 5.11. The first-order chi connectivity index (χ1) is 18.2. The van der Waals surface area contributed by atoms with E-state index in [0.29, 0.717) is 22.6 Å². The van der Waals surface area contributed by atoms with E-state index in [0.717, 1.165) is 17.6 Å². The molecule has 0 bridgehead atoms. The van der Waals surface area contributed by atoms with Gasteiger partial charge in [0.2, 0.25) is 10.0 Å². The molecule has 0 amide bonds. The maximum Gasteiger partial charge on any atom is 0.229 e. The maximum absolute atomic E-state index is 12.1. The standard InChI is InChI=1S/C28H35N5O3S2/c1-18-16-22(19(2)32(18)20-10-6-5-7-11-20)27-26(23-12-8-9-15-29-23)30-28(37)33(27)21-13-14-25(36-3)24(17-21)31-38(4,34)35/h8-9,12-17,20,26-27,31H,5-7,10-11H2,1-4H3,(H,30,37)/t26-,27+/m1/s1. The van der Waals surface area contributed by atoms with Gasteiger partial charge in [-0.15, -0.1) is 0 Å². The number of hydrogen-bond donors (Lipinski definition) is 2. The first kappa shape index (κ1) is 26.5. The lowest BCUT2D eigenvalue weighted by Crippen LogP contribution is -2.29. The number of anilines is 2. The van der Waals surface area contributed by atoms with Gasteiger partial charge in [0, 0.05) is 29.3 Å². The molecule has 8 nitrogen and oxygen atoms in total. The highest BCUT2D eigenvalue weighted by Crippen LogP contribution is 2.45. The van der Waals surface area contributed by atoms with Gasteiger partial charge in [0.15, 0.2) is 5.11 Å². The van der Waals surface area contributed by atoms with E-state index in [1.165, 1.54) is 56.2 Å². The van der Waals surface area contributed by atoms with E-state index in [1.54, 1.807) is 18.3 Å². The molecule has 0 spiro atoms. The molecule has 1 aromatic carbocycles. The number of methoxy groups -OCH3 is 1. The number of rotatable bonds is 7. The molecule has 3 heterocycles. The minimum absolute atomic E-state index is 0.180. The van der Waals surface area contributed by atoms with Crippen molar-refractivity contribution < 1.29 is 13.2 Å². The van der Waals surface area contributed by atoms with Crippen molar-refractivity contribution in [3.05, 3.63) is 71.3 Å². The molecule has 202 valence electrons. The van der Waals surface area contributed by atoms with Gasteiger partial charge in [-0.1, -0.05) is 25.3 Å². The molecule has 2 aliphatic rings. The van der Waals surface area contributed by atoms with Gasteiger partial charge in [-0.05, 0) is 80.9 Å². The summed E-state index contributed by atoms with van der Waals surface area (Å²) in [6.07, 6.45) is 9.15. The lowest BCUT2D eigenvalue weighted by molar-refractivity contribution is 0.345. The molecule has 1 aliphatic carbocycles. The summed E-state index contributed by atoms with van der Waals surface area (Å²) in [5.74, 6) is 0.436. The second kappa shape index (κ2) is 10.6. The van der Waals surface area contributed by atoms with Gasteiger partial charge < -0.3 is 19.5 Å². The molecular weight excluding hydrogens is 518 g/mol. The number of aromatic nitrogens is 2. The zero-order valence-electron chi connectivity index (χ0n) is 22.3. The molecular formula is C28H35N5O3S2. The summed E-state index contributed by atoms with van der Waals surface area (Å²) in [7, 11) is -2.00. The number of thiocarbonyl (C=S) groups is 1. The summed E-state index contributed by atoms with van der Waals surface area (Å²) in [6.45, 7) is 4.39. The van der Waals surface area contributed by atoms with E-state index >= 15 is 0 Å². The average Bonchev–Trinajstić information content (AvgIpc) is 3.39. The van der Waals surface area contributed by atoms with Gasteiger partial charge >= 0.3 is 0 Å². The van der Waals surface area contributed by atoms with Gasteiger partial charge in [-0.25, -0.2) is 8.42 Å². The van der Waals surface area contributed by atoms with E-state index in [-0.39, 0.29) is 12.1 Å². The molecule has 1 aliphatic heterocycles. The fourth-order valence-electron chi connectivity index (χ4n) is 6.08. The van der Waals surface area contributed by atoms with Crippen LogP contribution in [0.3, 0.4) is 0 Å². The second-order valence-corrected chi connectivity index (χ2v) is 12.4. The number of pyridine rings is 1. The number of ether oxygens (including phenoxy) is 1. The van der Waals surface area contributed by atoms with Crippen molar-refractivity contribution in [2.45, 2.75) is 64.1 Å². The SMILES string of the molecule is COc1ccc(N2C(=S)N[C@H](c3ccccn3)[C@@H]2c2cc(C)n(C3CCCCC3)c2C)cc1NS(C)(=O)=O. The minimum Gasteiger partial charge on any atom is -0.495 e. The normalized spacial score (nSPS) is 20.4. The third-order valence-corrected chi connectivity index (χ3v) is 8.54. The van der Waals surface area contributed by atoms with Crippen LogP contribution in [0.25, 0.3) is 0 Å². The summed E-state index contributed by atoms with van der Waals surface area (Å²) in [5, 5.41) is 4.07. The van der Waals surface area contributed by atoms with Crippen LogP contribution in [-0.2, 0) is 10.0 Å². The van der Waals surface area contributed by atoms with E-state index in [1.807, 2.05) is 24.3 Å². The third-order valence-electron chi connectivity index (χ3n) is 7.64. The lowest BCUT2D eigenvalue weighted by atomic mass is 9.94. The van der Waals surface area contributed by atoms with Crippen molar-refractivity contribution in [1.29, 1.82) is 0 Å². The van der Waals surface area contributed by atoms with Crippen LogP contribution in [0.15, 0.2) is 48.7 Å². The molecule has 1 saturated carbocycles. The zero-order chi connectivity index (χ0) is 27.0. The number of nitrogens with zero attached hydrogens (tertiary/aromatic N) is 3. The molecule has 2 N–H and O–H groups in total. The number of nitrogens with one attached hydrogen (secondary N) is 2. The molecule has 38 heavy (non-hydrogen) atoms. The quantitative estimate of drug-likeness (QED) is 0.370. The Hall–Kier alpha value is -3.11. The molecule has 3 aromatic rings. The highest BCUT2D eigenvalue weighted by Gasteiger charge is 2.42. The van der Waals surface area contributed by atoms with Gasteiger partial charge in [0.05, 0.1) is 36.8 Å². The van der Waals surface area contributed by atoms with E-state index in [9.17, 15) is 8.42 Å². The Labute approximate surface area is 230 Å². The van der Waals surface area contributed by atoms with Crippen molar-refractivity contribution in [3.8, 4) is 5.75 Å². The van der Waals surface area contributed by atoms with Crippen molar-refractivity contribution in [3.63, 3.8) is 0 Å². The van der Waals surface area contributed by atoms with Crippen molar-refractivity contribution >= 4 is 38.7 Å². The predicted molar refractivity (Wildman–Crippen MR) is 155 cm³/mol. The molecule has 2 atom stereocenters. The molecule has 1 saturated heterocycles. The molecule has 5 rings (SSSR count). The lowest BCUT2D eigenvalue weighted by Gasteiger charge is -2.30. The number of sulfonamides is 1. The van der Waals surface area contributed by atoms with Crippen LogP contribution >= 0.6 is 12.2 Å². The Balaban J connectivity index is 1.64. The van der Waals surface area contributed by atoms with Crippen LogP contribution in [-0.4, -0.2) is 36.4 Å². The van der Waals surface area contributed by atoms with Crippen LogP contribution in [0, 0.1) is 13.8 Å². The number of aryl methyl sites for hydroxylation is 1. The largest absolute Gasteiger partial charge is 0.495 e. The van der Waals surface area contributed by atoms with Crippen LogP contribution < -0.4 is 19.7 Å². The Kier molecular flexibility index (Phi) is 7.37. The van der Waals surface area contributed by atoms with E-state index < -0.39 is 10.0 Å². The zero-order valence-corrected chi connectivity index (χ0v) is 23.9. The Morgan fingerprint density at radius 2 is 1.87 bits per heavy atom. The van der Waals surface area contributed by atoms with Gasteiger partial charge in [-0.3, -0.25) is 9.71 Å². The number of benzene rings is 1. The number of hydrogen-bond acceptors (Lipinski definition) is 5. The molecule has 0 radical (unpaired) electrons. The van der Waals surface area contributed by atoms with Crippen molar-refractivity contribution in [2.24, 2.45) is 0 Å². The highest BCUT2D eigenvalue weighted by atomic mass is 32.2. The van der Waals surface area contributed by atoms with Crippen LogP contribution in [0.2, 0.25) is 0 Å². The van der Waals surface area contributed by atoms with E-state index in [4.69, 9.17) is 17.0 Å². The fraction of sp³-hybridized carbons (Fsp3) is 0.429. The molecule has 2 fully saturated rings. The van der Waals surface area contributed by atoms with Crippen LogP contribution in [0.1, 0.15) is 72.9 Å². The second-order valence-electron chi connectivity index (χ2n) is 10.2. The fourth-order valence-corrected chi connectivity index (χ4v) is 6.98. The van der Waals surface area contributed by atoms with Crippen molar-refractivity contribution in [2.75, 3.05) is 23.0 Å². The first-order valence-corrected chi connectivity index (χ1v) is 15.3. The van der Waals surface area contributed by atoms with Crippen LogP contribution in [0.5, 0.6) is 5.75 Å². The monoisotopic (exact) mass is 553 g/mol. The van der Waals surface area contributed by atoms with E-state index in [2.05, 4.69) is 44.4 Å². The smallest absolute Gasteiger partial charge is 0.229 e. The highest BCUT2D eigenvalue weighted by molar-refractivity contribution is 7.92. The molecule has 2 aromatic heterocycles.